The van der Waals surface area contributed by atoms with Gasteiger partial charge in [-0.3, -0.25) is 19.6 Å². The summed E-state index contributed by atoms with van der Waals surface area (Å²) in [5.74, 6) is -0.157. The Morgan fingerprint density at radius 2 is 2.11 bits per heavy atom. The van der Waals surface area contributed by atoms with E-state index >= 15 is 0 Å². The van der Waals surface area contributed by atoms with Gasteiger partial charge in [0.25, 0.3) is 5.56 Å². The van der Waals surface area contributed by atoms with Crippen LogP contribution >= 0.6 is 0 Å². The number of hydrogen-bond donors (Lipinski definition) is 5. The largest absolute Gasteiger partial charge is 0.442 e. The van der Waals surface area contributed by atoms with Crippen molar-refractivity contribution in [2.24, 2.45) is 0 Å². The summed E-state index contributed by atoms with van der Waals surface area (Å²) < 4.78 is 11.8. The normalized spacial score (nSPS) is 25.2. The number of ether oxygens (including phenoxy) is 2. The third kappa shape index (κ3) is 3.77. The number of carbonyl (C=O) groups excluding carboxylic acids is 1. The van der Waals surface area contributed by atoms with Gasteiger partial charge in [0, 0.05) is 0 Å². The first-order valence-corrected chi connectivity index (χ1v) is 8.41. The zero-order valence-corrected chi connectivity index (χ0v) is 15.4. The molecule has 13 heteroatoms. The zero-order chi connectivity index (χ0) is 20.8. The third-order valence-electron chi connectivity index (χ3n) is 4.02. The van der Waals surface area contributed by atoms with Crippen molar-refractivity contribution in [3.8, 4) is 0 Å². The summed E-state index contributed by atoms with van der Waals surface area (Å²) in [4.78, 5) is 33.9. The maximum Gasteiger partial charge on any atom is 0.434 e. The first-order valence-electron chi connectivity index (χ1n) is 8.41. The average molecular weight is 398 g/mol. The van der Waals surface area contributed by atoms with Crippen molar-refractivity contribution in [2.75, 3.05) is 12.3 Å². The molecule has 0 spiro atoms. The molecule has 1 aliphatic rings. The van der Waals surface area contributed by atoms with E-state index < -0.39 is 48.3 Å². The van der Waals surface area contributed by atoms with Crippen molar-refractivity contribution >= 4 is 23.2 Å². The Kier molecular flexibility index (Phi) is 5.01. The Bertz CT molecular complexity index is 935. The zero-order valence-electron chi connectivity index (χ0n) is 15.4. The van der Waals surface area contributed by atoms with Gasteiger partial charge in [-0.2, -0.15) is 10.0 Å². The molecule has 13 nitrogen and oxygen atoms in total. The van der Waals surface area contributed by atoms with Crippen molar-refractivity contribution in [2.45, 2.75) is 50.9 Å². The van der Waals surface area contributed by atoms with Crippen molar-refractivity contribution in [3.05, 3.63) is 16.7 Å². The number of anilines is 1. The lowest BCUT2D eigenvalue weighted by Gasteiger charge is -2.25. The van der Waals surface area contributed by atoms with E-state index in [1.54, 1.807) is 20.8 Å². The predicted octanol–water partition coefficient (Wildman–Crippen LogP) is -1.05. The van der Waals surface area contributed by atoms with Crippen molar-refractivity contribution in [3.63, 3.8) is 0 Å². The van der Waals surface area contributed by atoms with Crippen LogP contribution in [0.15, 0.2) is 11.1 Å². The highest BCUT2D eigenvalue weighted by Gasteiger charge is 2.45. The minimum absolute atomic E-state index is 0.0273. The van der Waals surface area contributed by atoms with Gasteiger partial charge in [0.15, 0.2) is 17.4 Å². The highest BCUT2D eigenvalue weighted by Crippen LogP contribution is 2.31. The summed E-state index contributed by atoms with van der Waals surface area (Å²) in [6.07, 6.45) is -5.04. The number of nitrogen functional groups attached to an aromatic ring is 1. The number of nitrogens with two attached hydrogens (primary N) is 1. The molecule has 4 atom stereocenters. The standard InChI is InChI=1S/C15H22N6O7/c1-15(2,3)28-14(25)21(26)4-6-8(22)9(23)12(27-6)20-5-17-7-10(20)18-13(16)19-11(7)24/h5-6,8-9,12,22-23,26H,4H2,1-3H3,(H3,16,18,19,24)/t6-,8-,9-,12-/m1/s1. The van der Waals surface area contributed by atoms with Gasteiger partial charge in [-0.05, 0) is 20.8 Å². The number of aliphatic hydroxyl groups is 2. The number of aromatic amines is 1. The van der Waals surface area contributed by atoms with Crippen LogP contribution in [-0.4, -0.2) is 76.6 Å². The van der Waals surface area contributed by atoms with E-state index in [1.165, 1.54) is 10.9 Å². The van der Waals surface area contributed by atoms with E-state index in [0.717, 1.165) is 0 Å². The van der Waals surface area contributed by atoms with Crippen LogP contribution in [0.4, 0.5) is 10.7 Å². The molecule has 2 aromatic heterocycles. The SMILES string of the molecule is CC(C)(C)OC(=O)N(O)C[C@H]1O[C@@H](n2cnc3c(=O)[nH]c(N)nc32)[C@H](O)[C@@H]1O. The molecule has 154 valence electrons. The summed E-state index contributed by atoms with van der Waals surface area (Å²) in [6.45, 7) is 4.42. The summed E-state index contributed by atoms with van der Waals surface area (Å²) >= 11 is 0. The van der Waals surface area contributed by atoms with E-state index in [1.807, 2.05) is 0 Å². The van der Waals surface area contributed by atoms with E-state index in [4.69, 9.17) is 15.2 Å². The fourth-order valence-electron chi connectivity index (χ4n) is 2.80. The monoisotopic (exact) mass is 398 g/mol. The van der Waals surface area contributed by atoms with Crippen molar-refractivity contribution in [1.29, 1.82) is 0 Å². The lowest BCUT2D eigenvalue weighted by molar-refractivity contribution is -0.129. The van der Waals surface area contributed by atoms with Gasteiger partial charge in [0.1, 0.15) is 23.9 Å². The second-order valence-electron chi connectivity index (χ2n) is 7.38. The van der Waals surface area contributed by atoms with E-state index in [2.05, 4.69) is 15.0 Å². The molecule has 0 unspecified atom stereocenters. The minimum atomic E-state index is -1.45. The number of rotatable bonds is 3. The van der Waals surface area contributed by atoms with Crippen molar-refractivity contribution < 1.29 is 29.7 Å². The molecular formula is C15H22N6O7. The number of nitrogens with zero attached hydrogens (tertiary/aromatic N) is 4. The van der Waals surface area contributed by atoms with Gasteiger partial charge in [-0.25, -0.2) is 9.78 Å². The summed E-state index contributed by atoms with van der Waals surface area (Å²) in [5, 5.41) is 30.8. The lowest BCUT2D eigenvalue weighted by atomic mass is 10.1. The smallest absolute Gasteiger partial charge is 0.434 e. The van der Waals surface area contributed by atoms with Gasteiger partial charge < -0.3 is 25.4 Å². The lowest BCUT2D eigenvalue weighted by Crippen LogP contribution is -2.43. The molecule has 1 amide bonds. The molecule has 6 N–H and O–H groups in total. The highest BCUT2D eigenvalue weighted by molar-refractivity contribution is 5.70. The van der Waals surface area contributed by atoms with E-state index in [0.29, 0.717) is 0 Å². The maximum absolute atomic E-state index is 11.9. The molecule has 0 radical (unpaired) electrons. The number of H-pyrrole nitrogens is 1. The van der Waals surface area contributed by atoms with Gasteiger partial charge in [0.2, 0.25) is 5.95 Å². The molecule has 28 heavy (non-hydrogen) atoms. The fraction of sp³-hybridized carbons (Fsp3) is 0.600. The van der Waals surface area contributed by atoms with Crippen LogP contribution in [0.2, 0.25) is 0 Å². The first kappa shape index (κ1) is 20.0. The van der Waals surface area contributed by atoms with Gasteiger partial charge in [0.05, 0.1) is 12.9 Å². The second-order valence-corrected chi connectivity index (χ2v) is 7.38. The molecule has 0 aliphatic carbocycles. The molecule has 1 aliphatic heterocycles. The topological polar surface area (TPSA) is 189 Å². The number of amides is 1. The Hall–Kier alpha value is -2.74. The van der Waals surface area contributed by atoms with E-state index in [-0.39, 0.29) is 22.2 Å². The maximum atomic E-state index is 11.9. The fourth-order valence-corrected chi connectivity index (χ4v) is 2.80. The summed E-state index contributed by atoms with van der Waals surface area (Å²) in [5.41, 5.74) is 4.16. The van der Waals surface area contributed by atoms with E-state index in [9.17, 15) is 25.0 Å². The summed E-state index contributed by atoms with van der Waals surface area (Å²) in [6, 6.07) is 0. The van der Waals surface area contributed by atoms with Crippen LogP contribution in [0.1, 0.15) is 27.0 Å². The molecule has 1 saturated heterocycles. The minimum Gasteiger partial charge on any atom is -0.442 e. The molecule has 3 heterocycles. The average Bonchev–Trinajstić information content (AvgIpc) is 3.09. The predicted molar refractivity (Wildman–Crippen MR) is 93.2 cm³/mol. The number of hydrogen-bond acceptors (Lipinski definition) is 10. The van der Waals surface area contributed by atoms with Gasteiger partial charge >= 0.3 is 6.09 Å². The molecule has 0 bridgehead atoms. The number of hydroxylamine groups is 2. The molecule has 1 fully saturated rings. The number of carbonyl (C=O) groups is 1. The van der Waals surface area contributed by atoms with Crippen molar-refractivity contribution in [1.82, 2.24) is 24.6 Å². The molecule has 0 saturated carbocycles. The second kappa shape index (κ2) is 7.01. The van der Waals surface area contributed by atoms with Gasteiger partial charge in [-0.1, -0.05) is 0 Å². The quantitative estimate of drug-likeness (QED) is 0.315. The molecular weight excluding hydrogens is 376 g/mol. The van der Waals surface area contributed by atoms with Crippen LogP contribution in [0.3, 0.4) is 0 Å². The van der Waals surface area contributed by atoms with Crippen LogP contribution < -0.4 is 11.3 Å². The van der Waals surface area contributed by atoms with Crippen LogP contribution in [0, 0.1) is 0 Å². The van der Waals surface area contributed by atoms with Gasteiger partial charge in [-0.15, -0.1) is 0 Å². The number of imidazole rings is 1. The number of fused-ring (bicyclic) bond motifs is 1. The number of aromatic nitrogens is 4. The molecule has 0 aromatic carbocycles. The van der Waals surface area contributed by atoms with Crippen LogP contribution in [0.25, 0.3) is 11.2 Å². The Balaban J connectivity index is 1.80. The number of nitrogens with one attached hydrogen (secondary N) is 1. The molecule has 2 aromatic rings. The third-order valence-corrected chi connectivity index (χ3v) is 4.02. The Morgan fingerprint density at radius 1 is 1.43 bits per heavy atom. The molecule has 3 rings (SSSR count). The van der Waals surface area contributed by atoms with Crippen LogP contribution in [-0.2, 0) is 9.47 Å². The Labute approximate surface area is 158 Å². The Morgan fingerprint density at radius 3 is 2.75 bits per heavy atom. The number of aliphatic hydroxyl groups excluding tert-OH is 2. The summed E-state index contributed by atoms with van der Waals surface area (Å²) in [7, 11) is 0. The van der Waals surface area contributed by atoms with Crippen LogP contribution in [0.5, 0.6) is 0 Å². The highest BCUT2D eigenvalue weighted by atomic mass is 16.6. The first-order chi connectivity index (χ1) is 13.0.